The van der Waals surface area contributed by atoms with Gasteiger partial charge in [0.15, 0.2) is 0 Å². The number of fused-ring (bicyclic) bond motifs is 12. The first-order valence-corrected chi connectivity index (χ1v) is 49.4. The fourth-order valence-corrected chi connectivity index (χ4v) is 30.2. The van der Waals surface area contributed by atoms with Crippen molar-refractivity contribution in [1.82, 2.24) is 0 Å². The first kappa shape index (κ1) is 89.1. The number of aliphatic hydroxyl groups is 1. The second-order valence-corrected chi connectivity index (χ2v) is 50.0. The molecule has 2 radical (unpaired) electrons. The maximum atomic E-state index is 11.7. The van der Waals surface area contributed by atoms with E-state index < -0.39 is 5.31 Å². The first-order valence-electron chi connectivity index (χ1n) is 44.7. The van der Waals surface area contributed by atoms with Gasteiger partial charge in [0, 0.05) is 30.0 Å². The number of carbonyl (C=O) groups is 2. The Labute approximate surface area is 701 Å². The molecule has 1 aliphatic heterocycles. The predicted molar refractivity (Wildman–Crippen MR) is 491 cm³/mol. The van der Waals surface area contributed by atoms with Gasteiger partial charge >= 0.3 is 134 Å². The topological polar surface area (TPSA) is 72.8 Å². The molecule has 16 rings (SSSR count). The second kappa shape index (κ2) is 36.5. The average molecular weight is 1620 g/mol. The largest absolute Gasteiger partial charge is 0.388 e. The number of aliphatic hydroxyl groups excluding tert-OH is 1. The molecular weight excluding hydrogens is 1470 g/mol. The number of ether oxygens (including phenoxy) is 2. The van der Waals surface area contributed by atoms with Crippen LogP contribution in [0, 0.1) is 45.3 Å². The molecule has 13 atom stereocenters. The number of hydrogen-bond acceptors (Lipinski definition) is 5. The second-order valence-electron chi connectivity index (χ2n) is 40.2. The van der Waals surface area contributed by atoms with Crippen molar-refractivity contribution in [3.8, 4) is 0 Å². The summed E-state index contributed by atoms with van der Waals surface area (Å²) in [5.41, 5.74) is 20.2. The maximum absolute atomic E-state index is 11.7. The maximum Gasteiger partial charge on any atom is 0.108 e. The quantitative estimate of drug-likeness (QED) is 0.0508. The van der Waals surface area contributed by atoms with E-state index in [2.05, 4.69) is 309 Å². The number of benzene rings is 7. The smallest absolute Gasteiger partial charge is 0.108 e. The third-order valence-electron chi connectivity index (χ3n) is 31.5. The Hall–Kier alpha value is -5.69. The molecule has 9 aliphatic rings. The zero-order valence-corrected chi connectivity index (χ0v) is 76.1. The minimum absolute atomic E-state index is 0.0463. The van der Waals surface area contributed by atoms with E-state index in [1.165, 1.54) is 165 Å². The Balaban J connectivity index is 0.000000138. The van der Waals surface area contributed by atoms with Crippen LogP contribution in [0.1, 0.15) is 323 Å². The Morgan fingerprint density at radius 1 is 0.456 bits per heavy atom. The van der Waals surface area contributed by atoms with Crippen molar-refractivity contribution in [3.05, 3.63) is 243 Å². The summed E-state index contributed by atoms with van der Waals surface area (Å²) >= 11 is 4.24. The van der Waals surface area contributed by atoms with Crippen LogP contribution in [-0.4, -0.2) is 58.2 Å². The summed E-state index contributed by atoms with van der Waals surface area (Å²) in [6.45, 7) is 46.4. The van der Waals surface area contributed by atoms with Gasteiger partial charge in [-0.05, 0) is 269 Å². The van der Waals surface area contributed by atoms with E-state index in [4.69, 9.17) is 17.3 Å². The van der Waals surface area contributed by atoms with Crippen molar-refractivity contribution in [1.29, 1.82) is 0 Å². The van der Waals surface area contributed by atoms with E-state index in [0.717, 1.165) is 57.0 Å². The molecular formula is C106H145BBrO5P. The molecule has 114 heavy (non-hydrogen) atoms. The zero-order chi connectivity index (χ0) is 82.3. The number of halogens is 1. The molecule has 7 aromatic carbocycles. The van der Waals surface area contributed by atoms with Crippen molar-refractivity contribution < 1.29 is 24.2 Å². The normalized spacial score (nSPS) is 30.5. The number of aldehydes is 1. The summed E-state index contributed by atoms with van der Waals surface area (Å²) in [6.07, 6.45) is 31.4. The number of hydrogen-bond donors (Lipinski definition) is 1. The van der Waals surface area contributed by atoms with Gasteiger partial charge in [0.05, 0.1) is 6.61 Å². The zero-order valence-electron chi connectivity index (χ0n) is 73.6. The van der Waals surface area contributed by atoms with Gasteiger partial charge < -0.3 is 19.4 Å². The predicted octanol–water partition coefficient (Wildman–Crippen LogP) is 26.0. The van der Waals surface area contributed by atoms with E-state index in [1.807, 2.05) is 0 Å². The van der Waals surface area contributed by atoms with Gasteiger partial charge in [0.25, 0.3) is 6.47 Å². The van der Waals surface area contributed by atoms with E-state index in [0.29, 0.717) is 76.9 Å². The molecule has 1 N–H and O–H groups in total. The van der Waals surface area contributed by atoms with Gasteiger partial charge in [0.1, 0.15) is 14.1 Å². The van der Waals surface area contributed by atoms with Crippen LogP contribution >= 0.6 is 20.8 Å². The van der Waals surface area contributed by atoms with Crippen molar-refractivity contribution in [2.24, 2.45) is 45.3 Å². The third kappa shape index (κ3) is 17.9. The van der Waals surface area contributed by atoms with Crippen LogP contribution in [0.5, 0.6) is 0 Å². The monoisotopic (exact) mass is 1620 g/mol. The van der Waals surface area contributed by atoms with Gasteiger partial charge in [0.2, 0.25) is 0 Å². The van der Waals surface area contributed by atoms with E-state index in [9.17, 15) is 14.7 Å². The molecule has 5 fully saturated rings. The molecule has 7 aromatic rings. The average Bonchev–Trinajstić information content (AvgIpc) is 0.914. The molecule has 0 bridgehead atoms. The summed E-state index contributed by atoms with van der Waals surface area (Å²) in [7, 11) is 5.31. The summed E-state index contributed by atoms with van der Waals surface area (Å²) in [6, 6.07) is 61.2. The van der Waals surface area contributed by atoms with Gasteiger partial charge in [-0.3, -0.25) is 4.79 Å². The molecule has 8 heteroatoms. The van der Waals surface area contributed by atoms with Crippen LogP contribution in [0.3, 0.4) is 0 Å². The third-order valence-corrected chi connectivity index (χ3v) is 39.8. The van der Waals surface area contributed by atoms with E-state index in [1.54, 1.807) is 33.4 Å². The molecule has 0 spiro atoms. The molecule has 614 valence electrons. The van der Waals surface area contributed by atoms with Gasteiger partial charge in [-0.15, -0.1) is 6.58 Å². The Bertz CT molecular complexity index is 4160. The molecule has 0 amide bonds. The van der Waals surface area contributed by atoms with Gasteiger partial charge in [-0.1, -0.05) is 215 Å². The van der Waals surface area contributed by atoms with E-state index >= 15 is 0 Å². The summed E-state index contributed by atoms with van der Waals surface area (Å²) in [4.78, 5) is 22.4. The van der Waals surface area contributed by atoms with Crippen LogP contribution in [0.25, 0.3) is 0 Å². The molecule has 8 aliphatic carbocycles. The number of carbonyl (C=O) groups excluding carboxylic acids is 2. The van der Waals surface area contributed by atoms with Crippen LogP contribution in [0.2, 0.25) is 0 Å². The SMILES string of the molecule is C=C[C@]1(C)CCC[C@]2(C)c3ccc(C(C)C)cc3CCC12.CC(C)c1ccc2c(c1)CCC1[C@](C)(C=O)CCC[C@]21C.CC(C)c1ccc2c(c1)CCC1[C@](C)(CCO)CCC[C@]21C.CC(C)c1ccc2c(c1)CCC1[C@](C)(COC=O)CCC[C@]21C.CP(Br)(c1ccccc1)(c1ccccc1)c1ccccc1.[B]C1CCCO1. The van der Waals surface area contributed by atoms with Crippen LogP contribution in [0.4, 0.5) is 0 Å². The van der Waals surface area contributed by atoms with Crippen molar-refractivity contribution in [2.75, 3.05) is 26.5 Å². The number of allylic oxidation sites excluding steroid dienone is 1. The summed E-state index contributed by atoms with van der Waals surface area (Å²) in [5, 5.41) is 11.0. The fourth-order valence-electron chi connectivity index (χ4n) is 24.6. The fraction of sp³-hybridized carbons (Fsp3) is 0.566. The molecule has 1 saturated heterocycles. The summed E-state index contributed by atoms with van der Waals surface area (Å²) < 4.78 is 10.2. The van der Waals surface area contributed by atoms with Crippen LogP contribution < -0.4 is 15.9 Å². The minimum Gasteiger partial charge on any atom is -0.388 e. The molecule has 1 heterocycles. The minimum atomic E-state index is -2.56. The Kier molecular flexibility index (Phi) is 28.5. The Morgan fingerprint density at radius 2 is 0.781 bits per heavy atom. The standard InChI is InChI=1S/C21H30O2.C21H32O.C21H30.C20H28O.C19H18BrP.C4H7BO/c1-15(2)16-6-8-18-17(12-16)7-9-19-20(3,13-23-14-22)10-5-11-21(18,19)4;1-15(2)16-6-8-18-17(14-16)7-9-19-20(3,12-13-22)10-5-11-21(18,19)4;1-6-20(4)12-7-13-21(5)18-10-8-16(15(2)3)14-17(18)9-11-19(20)21;1-14(2)15-6-8-17-16(12-15)7-9-18-19(3,13-21)10-5-11-20(17,18)4;1-21(20,17-11-5-2-6-12-17,18-13-7-3-8-14-18)19-15-9-4-10-16-19;5-4-2-1-3-6-4/h6,8,12,14-15,19H,5,7,9-11,13H2,1-4H3;6,8,14-15,19,22H,5,7,9-13H2,1-4H3;6,8,10,14-15,19H,1,7,9,11-13H2,2-5H3;6,8,12-14,18H,5,7,9-11H2,1-4H3;2-16H,1H3;4H,1-3H2/t2*19?,20-,21+;19?,20-,21-;18?,19-,20+;;/m0010../s1. The van der Waals surface area contributed by atoms with Gasteiger partial charge in [-0.2, -0.15) is 0 Å². The number of rotatable bonds is 14. The molecule has 5 unspecified atom stereocenters. The van der Waals surface area contributed by atoms with Crippen molar-refractivity contribution in [2.45, 2.75) is 310 Å². The van der Waals surface area contributed by atoms with Crippen LogP contribution in [-0.2, 0) is 66.4 Å². The Morgan fingerprint density at radius 3 is 1.09 bits per heavy atom. The molecule has 4 saturated carbocycles. The molecule has 0 aromatic heterocycles. The van der Waals surface area contributed by atoms with Crippen molar-refractivity contribution >= 4 is 57.3 Å². The molecule has 5 nitrogen and oxygen atoms in total. The first-order chi connectivity index (χ1) is 54.1. The number of aryl methyl sites for hydroxylation is 4. The van der Waals surface area contributed by atoms with E-state index in [-0.39, 0.29) is 27.7 Å². The van der Waals surface area contributed by atoms with Gasteiger partial charge in [-0.25, -0.2) is 0 Å². The van der Waals surface area contributed by atoms with Crippen molar-refractivity contribution in [3.63, 3.8) is 0 Å². The van der Waals surface area contributed by atoms with Crippen LogP contribution in [0.15, 0.2) is 176 Å². The summed E-state index contributed by atoms with van der Waals surface area (Å²) in [5.74, 6) is 5.00.